The van der Waals surface area contributed by atoms with Crippen LogP contribution < -0.4 is 0 Å². The van der Waals surface area contributed by atoms with Gasteiger partial charge in [-0.1, -0.05) is 51.0 Å². The molecule has 0 amide bonds. The Bertz CT molecular complexity index is 425. The van der Waals surface area contributed by atoms with Crippen molar-refractivity contribution in [2.75, 3.05) is 0 Å². The second-order valence-corrected chi connectivity index (χ2v) is 6.38. The van der Waals surface area contributed by atoms with Gasteiger partial charge in [0.25, 0.3) is 0 Å². The monoisotopic (exact) mass is 260 g/mol. The lowest BCUT2D eigenvalue weighted by Crippen LogP contribution is -2.30. The molecule has 1 aromatic rings. The van der Waals surface area contributed by atoms with Crippen molar-refractivity contribution in [3.05, 3.63) is 35.4 Å². The Morgan fingerprint density at radius 2 is 1.68 bits per heavy atom. The number of rotatable bonds is 5. The minimum Gasteiger partial charge on any atom is -0.481 e. The minimum absolute atomic E-state index is 0.500. The zero-order valence-corrected chi connectivity index (χ0v) is 12.0. The minimum atomic E-state index is -0.615. The summed E-state index contributed by atoms with van der Waals surface area (Å²) >= 11 is 0. The number of carboxylic acids is 1. The molecule has 1 fully saturated rings. The van der Waals surface area contributed by atoms with Crippen LogP contribution in [0.1, 0.15) is 50.7 Å². The standard InChI is InChI=1S/C17H24O2/c1-13(2)11-14-5-7-15(8-6-14)12-17(16(18)19)9-3-4-10-17/h5-8,13H,3-4,9-12H2,1-2H3,(H,18,19). The van der Waals surface area contributed by atoms with Gasteiger partial charge in [-0.3, -0.25) is 4.79 Å². The summed E-state index contributed by atoms with van der Waals surface area (Å²) in [5.74, 6) is 0.0438. The third-order valence-electron chi connectivity index (χ3n) is 4.22. The predicted octanol–water partition coefficient (Wildman–Crippen LogP) is 4.07. The van der Waals surface area contributed by atoms with E-state index in [2.05, 4.69) is 38.1 Å². The molecule has 19 heavy (non-hydrogen) atoms. The van der Waals surface area contributed by atoms with Gasteiger partial charge >= 0.3 is 5.97 Å². The Balaban J connectivity index is 2.08. The highest BCUT2D eigenvalue weighted by molar-refractivity contribution is 5.75. The first-order valence-corrected chi connectivity index (χ1v) is 7.33. The molecule has 0 saturated heterocycles. The zero-order chi connectivity index (χ0) is 13.9. The summed E-state index contributed by atoms with van der Waals surface area (Å²) in [4.78, 5) is 11.5. The van der Waals surface area contributed by atoms with Gasteiger partial charge in [0.15, 0.2) is 0 Å². The van der Waals surface area contributed by atoms with Crippen LogP contribution in [0.2, 0.25) is 0 Å². The summed E-state index contributed by atoms with van der Waals surface area (Å²) in [6, 6.07) is 8.53. The van der Waals surface area contributed by atoms with Crippen LogP contribution in [0.15, 0.2) is 24.3 Å². The van der Waals surface area contributed by atoms with Gasteiger partial charge in [0, 0.05) is 0 Å². The molecule has 0 aromatic heterocycles. The van der Waals surface area contributed by atoms with Crippen LogP contribution in [0.5, 0.6) is 0 Å². The topological polar surface area (TPSA) is 37.3 Å². The quantitative estimate of drug-likeness (QED) is 0.866. The van der Waals surface area contributed by atoms with E-state index in [9.17, 15) is 9.90 Å². The van der Waals surface area contributed by atoms with E-state index in [0.29, 0.717) is 12.3 Å². The molecule has 1 aliphatic rings. The van der Waals surface area contributed by atoms with Gasteiger partial charge in [0.1, 0.15) is 0 Å². The van der Waals surface area contributed by atoms with Gasteiger partial charge in [-0.05, 0) is 42.7 Å². The molecule has 0 aliphatic heterocycles. The SMILES string of the molecule is CC(C)Cc1ccc(CC2(C(=O)O)CCCC2)cc1. The van der Waals surface area contributed by atoms with Crippen LogP contribution in [-0.4, -0.2) is 11.1 Å². The van der Waals surface area contributed by atoms with Crippen molar-refractivity contribution in [1.82, 2.24) is 0 Å². The Kier molecular flexibility index (Phi) is 4.28. The Hall–Kier alpha value is -1.31. The van der Waals surface area contributed by atoms with Crippen molar-refractivity contribution < 1.29 is 9.90 Å². The largest absolute Gasteiger partial charge is 0.481 e. The fourth-order valence-corrected chi connectivity index (χ4v) is 3.17. The molecule has 2 nitrogen and oxygen atoms in total. The molecule has 0 heterocycles. The van der Waals surface area contributed by atoms with Crippen LogP contribution >= 0.6 is 0 Å². The van der Waals surface area contributed by atoms with Gasteiger partial charge in [0.05, 0.1) is 5.41 Å². The highest BCUT2D eigenvalue weighted by Gasteiger charge is 2.41. The Morgan fingerprint density at radius 3 is 2.16 bits per heavy atom. The molecular weight excluding hydrogens is 236 g/mol. The predicted molar refractivity (Wildman–Crippen MR) is 77.2 cm³/mol. The van der Waals surface area contributed by atoms with Gasteiger partial charge in [0.2, 0.25) is 0 Å². The highest BCUT2D eigenvalue weighted by Crippen LogP contribution is 2.41. The fraction of sp³-hybridized carbons (Fsp3) is 0.588. The third-order valence-corrected chi connectivity index (χ3v) is 4.22. The van der Waals surface area contributed by atoms with E-state index in [-0.39, 0.29) is 0 Å². The number of benzene rings is 1. The molecule has 2 heteroatoms. The maximum Gasteiger partial charge on any atom is 0.309 e. The van der Waals surface area contributed by atoms with Crippen molar-refractivity contribution in [1.29, 1.82) is 0 Å². The molecule has 1 N–H and O–H groups in total. The van der Waals surface area contributed by atoms with Crippen molar-refractivity contribution in [2.24, 2.45) is 11.3 Å². The summed E-state index contributed by atoms with van der Waals surface area (Å²) in [6.45, 7) is 4.43. The van der Waals surface area contributed by atoms with Gasteiger partial charge in [-0.15, -0.1) is 0 Å². The van der Waals surface area contributed by atoms with E-state index in [0.717, 1.165) is 37.7 Å². The van der Waals surface area contributed by atoms with Crippen LogP contribution in [0.3, 0.4) is 0 Å². The number of carbonyl (C=O) groups is 1. The van der Waals surface area contributed by atoms with Crippen molar-refractivity contribution in [3.63, 3.8) is 0 Å². The molecule has 1 aliphatic carbocycles. The first-order chi connectivity index (χ1) is 9.02. The van der Waals surface area contributed by atoms with Crippen LogP contribution in [0, 0.1) is 11.3 Å². The molecule has 0 radical (unpaired) electrons. The highest BCUT2D eigenvalue weighted by atomic mass is 16.4. The van der Waals surface area contributed by atoms with E-state index in [1.165, 1.54) is 5.56 Å². The zero-order valence-electron chi connectivity index (χ0n) is 12.0. The lowest BCUT2D eigenvalue weighted by molar-refractivity contribution is -0.148. The van der Waals surface area contributed by atoms with Crippen LogP contribution in [0.4, 0.5) is 0 Å². The fourth-order valence-electron chi connectivity index (χ4n) is 3.17. The maximum atomic E-state index is 11.5. The molecule has 1 aromatic carbocycles. The van der Waals surface area contributed by atoms with Gasteiger partial charge in [-0.25, -0.2) is 0 Å². The summed E-state index contributed by atoms with van der Waals surface area (Å²) in [7, 11) is 0. The lowest BCUT2D eigenvalue weighted by Gasteiger charge is -2.23. The van der Waals surface area contributed by atoms with Crippen molar-refractivity contribution >= 4 is 5.97 Å². The first-order valence-electron chi connectivity index (χ1n) is 7.33. The average Bonchev–Trinajstić information content (AvgIpc) is 2.81. The summed E-state index contributed by atoms with van der Waals surface area (Å²) in [5.41, 5.74) is 2.01. The van der Waals surface area contributed by atoms with E-state index in [1.54, 1.807) is 0 Å². The van der Waals surface area contributed by atoms with E-state index in [1.807, 2.05) is 0 Å². The Labute approximate surface area is 115 Å². The maximum absolute atomic E-state index is 11.5. The molecular formula is C17H24O2. The summed E-state index contributed by atoms with van der Waals surface area (Å²) in [6.07, 6.45) is 5.54. The van der Waals surface area contributed by atoms with Gasteiger partial charge in [-0.2, -0.15) is 0 Å². The third kappa shape index (κ3) is 3.37. The Morgan fingerprint density at radius 1 is 1.16 bits per heavy atom. The molecule has 0 bridgehead atoms. The molecule has 0 atom stereocenters. The number of hydrogen-bond donors (Lipinski definition) is 1. The number of aliphatic carboxylic acids is 1. The second-order valence-electron chi connectivity index (χ2n) is 6.38. The van der Waals surface area contributed by atoms with E-state index in [4.69, 9.17) is 0 Å². The average molecular weight is 260 g/mol. The van der Waals surface area contributed by atoms with Crippen molar-refractivity contribution in [2.45, 2.75) is 52.4 Å². The molecule has 1 saturated carbocycles. The normalized spacial score (nSPS) is 17.8. The molecule has 0 spiro atoms. The summed E-state index contributed by atoms with van der Waals surface area (Å²) < 4.78 is 0. The number of carboxylic acid groups (broad SMARTS) is 1. The van der Waals surface area contributed by atoms with Crippen molar-refractivity contribution in [3.8, 4) is 0 Å². The second kappa shape index (κ2) is 5.77. The van der Waals surface area contributed by atoms with Gasteiger partial charge < -0.3 is 5.11 Å². The molecule has 2 rings (SSSR count). The summed E-state index contributed by atoms with van der Waals surface area (Å²) in [5, 5.41) is 9.50. The lowest BCUT2D eigenvalue weighted by atomic mass is 9.80. The smallest absolute Gasteiger partial charge is 0.309 e. The van der Waals surface area contributed by atoms with E-state index >= 15 is 0 Å². The molecule has 104 valence electrons. The molecule has 0 unspecified atom stereocenters. The number of hydrogen-bond acceptors (Lipinski definition) is 1. The van der Waals surface area contributed by atoms with Crippen LogP contribution in [0.25, 0.3) is 0 Å². The first kappa shape index (κ1) is 14.1. The van der Waals surface area contributed by atoms with E-state index < -0.39 is 11.4 Å². The van der Waals surface area contributed by atoms with Crippen LogP contribution in [-0.2, 0) is 17.6 Å².